The summed E-state index contributed by atoms with van der Waals surface area (Å²) in [4.78, 5) is 79.2. The number of nitrogens with zero attached hydrogens (tertiary/aromatic N) is 5. The fourth-order valence-corrected chi connectivity index (χ4v) is 5.45. The fourth-order valence-electron chi connectivity index (χ4n) is 5.45. The average Bonchev–Trinajstić information content (AvgIpc) is 3.65. The number of carbonyl (C=O) groups excluding carboxylic acids is 4. The molecule has 0 radical (unpaired) electrons. The normalized spacial score (nSPS) is 18.8. The number of para-hydroxylation sites is 1. The number of aliphatic carboxylic acids is 1. The number of nitrogens with one attached hydrogen (secondary N) is 1. The van der Waals surface area contributed by atoms with E-state index in [1.807, 2.05) is 0 Å². The van der Waals surface area contributed by atoms with Crippen molar-refractivity contribution in [1.29, 1.82) is 0 Å². The highest BCUT2D eigenvalue weighted by Crippen LogP contribution is 2.28. The monoisotopic (exact) mass is 658 g/mol. The summed E-state index contributed by atoms with van der Waals surface area (Å²) in [6, 6.07) is 7.54. The number of carboxylic acids is 1. The number of amides is 4. The van der Waals surface area contributed by atoms with Crippen LogP contribution in [-0.2, 0) is 23.9 Å². The Kier molecular flexibility index (Phi) is 10.7. The number of carboxylic acid groups (broad SMARTS) is 2. The van der Waals surface area contributed by atoms with Gasteiger partial charge in [-0.2, -0.15) is 5.10 Å². The number of aromatic nitrogens is 2. The van der Waals surface area contributed by atoms with Crippen LogP contribution in [0.3, 0.4) is 0 Å². The number of piperazine rings is 1. The topological polar surface area (TPSA) is 221 Å². The summed E-state index contributed by atoms with van der Waals surface area (Å²) in [6.07, 6.45) is -2.72. The van der Waals surface area contributed by atoms with Crippen LogP contribution in [0.2, 0.25) is 0 Å². The third kappa shape index (κ3) is 8.16. The van der Waals surface area contributed by atoms with E-state index in [0.717, 1.165) is 4.90 Å². The molecule has 4 amide bonds. The first-order chi connectivity index (χ1) is 22.2. The number of hydrogen-bond donors (Lipinski definition) is 4. The zero-order valence-corrected chi connectivity index (χ0v) is 26.2. The van der Waals surface area contributed by atoms with Crippen molar-refractivity contribution in [3.05, 3.63) is 42.1 Å². The largest absolute Gasteiger partial charge is 0.481 e. The van der Waals surface area contributed by atoms with Gasteiger partial charge in [-0.1, -0.05) is 18.2 Å². The van der Waals surface area contributed by atoms with Crippen molar-refractivity contribution < 1.29 is 53.6 Å². The Morgan fingerprint density at radius 1 is 1.02 bits per heavy atom. The highest BCUT2D eigenvalue weighted by Gasteiger charge is 2.46. The Balaban J connectivity index is 1.59. The molecule has 1 unspecified atom stereocenters. The molecule has 0 saturated carbocycles. The first-order valence-corrected chi connectivity index (χ1v) is 14.9. The maximum atomic E-state index is 13.6. The zero-order valence-electron chi connectivity index (χ0n) is 26.2. The molecule has 17 nitrogen and oxygen atoms in total. The fraction of sp³-hybridized carbons (Fsp3) is 0.500. The number of methoxy groups -OCH3 is 1. The van der Waals surface area contributed by atoms with Gasteiger partial charge in [0.1, 0.15) is 12.1 Å². The molecule has 0 bridgehead atoms. The number of carbonyl (C=O) groups is 6. The van der Waals surface area contributed by atoms with Gasteiger partial charge >= 0.3 is 18.0 Å². The second-order valence-corrected chi connectivity index (χ2v) is 11.7. The van der Waals surface area contributed by atoms with E-state index in [1.165, 1.54) is 41.5 Å². The maximum absolute atomic E-state index is 13.6. The van der Waals surface area contributed by atoms with Gasteiger partial charge < -0.3 is 44.8 Å². The summed E-state index contributed by atoms with van der Waals surface area (Å²) in [5.41, 5.74) is -1.38. The maximum Gasteiger partial charge on any atom is 0.407 e. The first kappa shape index (κ1) is 34.7. The van der Waals surface area contributed by atoms with Crippen LogP contribution in [0.15, 0.2) is 36.4 Å². The van der Waals surface area contributed by atoms with Crippen molar-refractivity contribution in [2.45, 2.75) is 56.9 Å². The lowest BCUT2D eigenvalue weighted by Crippen LogP contribution is -2.55. The quantitative estimate of drug-likeness (QED) is 0.234. The van der Waals surface area contributed by atoms with Crippen molar-refractivity contribution in [3.8, 4) is 11.6 Å². The van der Waals surface area contributed by atoms with E-state index in [2.05, 4.69) is 10.4 Å². The number of benzene rings is 1. The van der Waals surface area contributed by atoms with E-state index in [0.29, 0.717) is 5.69 Å². The van der Waals surface area contributed by atoms with Gasteiger partial charge in [0, 0.05) is 51.6 Å². The lowest BCUT2D eigenvalue weighted by molar-refractivity contribution is -0.156. The van der Waals surface area contributed by atoms with E-state index in [9.17, 15) is 44.1 Å². The van der Waals surface area contributed by atoms with Crippen LogP contribution < -0.4 is 10.1 Å². The number of likely N-dealkylation sites (tertiary alicyclic amines) is 1. The van der Waals surface area contributed by atoms with E-state index in [-0.39, 0.29) is 57.1 Å². The molecule has 254 valence electrons. The number of esters is 1. The lowest BCUT2D eigenvalue weighted by atomic mass is 10.1. The summed E-state index contributed by atoms with van der Waals surface area (Å²) in [7, 11) is 1.18. The predicted molar refractivity (Wildman–Crippen MR) is 161 cm³/mol. The lowest BCUT2D eigenvalue weighted by Gasteiger charge is -2.35. The third-order valence-electron chi connectivity index (χ3n) is 7.91. The number of hydrogen-bond acceptors (Lipinski definition) is 10. The molecule has 2 fully saturated rings. The van der Waals surface area contributed by atoms with Gasteiger partial charge in [-0.25, -0.2) is 14.3 Å². The number of aliphatic hydroxyl groups is 1. The molecule has 4 rings (SSSR count). The minimum absolute atomic E-state index is 0.00221. The van der Waals surface area contributed by atoms with Gasteiger partial charge in [-0.3, -0.25) is 19.2 Å². The van der Waals surface area contributed by atoms with Crippen LogP contribution in [0.5, 0.6) is 5.88 Å². The molecule has 2 aromatic rings. The van der Waals surface area contributed by atoms with E-state index in [1.54, 1.807) is 30.3 Å². The molecule has 3 heterocycles. The van der Waals surface area contributed by atoms with Crippen LogP contribution in [-0.4, -0.2) is 139 Å². The van der Waals surface area contributed by atoms with E-state index >= 15 is 0 Å². The summed E-state index contributed by atoms with van der Waals surface area (Å²) < 4.78 is 12.2. The number of aliphatic hydroxyl groups excluding tert-OH is 1. The summed E-state index contributed by atoms with van der Waals surface area (Å²) in [5.74, 6) is -3.91. The number of ether oxygens (including phenoxy) is 2. The highest BCUT2D eigenvalue weighted by molar-refractivity contribution is 5.97. The van der Waals surface area contributed by atoms with Gasteiger partial charge in [0.15, 0.2) is 11.3 Å². The third-order valence-corrected chi connectivity index (χ3v) is 7.91. The molecule has 1 aromatic carbocycles. The summed E-state index contributed by atoms with van der Waals surface area (Å²) in [5, 5.41) is 35.6. The minimum Gasteiger partial charge on any atom is -0.481 e. The van der Waals surface area contributed by atoms with Gasteiger partial charge in [-0.15, -0.1) is 0 Å². The van der Waals surface area contributed by atoms with Crippen molar-refractivity contribution in [2.75, 3.05) is 39.8 Å². The van der Waals surface area contributed by atoms with Crippen LogP contribution in [0, 0.1) is 0 Å². The molecule has 47 heavy (non-hydrogen) atoms. The highest BCUT2D eigenvalue weighted by atomic mass is 16.5. The second kappa shape index (κ2) is 14.5. The number of rotatable bonds is 11. The smallest absolute Gasteiger partial charge is 0.407 e. The standard InChI is InChI=1S/C30H38N6O11/c1-30(2,28(43)35-17-19(37)15-22(35)27(42)46-3)47-23-16-21(32-36(23)18-7-5-4-6-8-18)25(40)31-20(9-10-24(38)39)26(41)33-11-13-34(14-12-33)29(44)45/h4-8,16,19-20,22,37H,9-15,17H2,1-3H3,(H,31,40)(H,38,39)(H,44,45)/t19-,20?,22+/m1/s1. The Morgan fingerprint density at radius 3 is 2.26 bits per heavy atom. The van der Waals surface area contributed by atoms with Crippen molar-refractivity contribution >= 4 is 35.8 Å². The van der Waals surface area contributed by atoms with Gasteiger partial charge in [0.2, 0.25) is 11.8 Å². The van der Waals surface area contributed by atoms with Gasteiger partial charge in [0.25, 0.3) is 11.8 Å². The van der Waals surface area contributed by atoms with Gasteiger partial charge in [-0.05, 0) is 32.4 Å². The molecular formula is C30H38N6O11. The number of β-amino-alcohol motifs (C(OH)–C–C–N with tert-alkyl or cyclic N) is 1. The SMILES string of the molecule is COC(=O)[C@@H]1C[C@@H](O)CN1C(=O)C(C)(C)Oc1cc(C(=O)NC(CCC(=O)O)C(=O)N2CCN(C(=O)O)CC2)nn1-c1ccccc1. The van der Waals surface area contributed by atoms with Crippen molar-refractivity contribution in [2.24, 2.45) is 0 Å². The van der Waals surface area contributed by atoms with Crippen LogP contribution in [0.1, 0.15) is 43.6 Å². The molecule has 2 aliphatic heterocycles. The molecule has 4 N–H and O–H groups in total. The molecule has 1 aromatic heterocycles. The Bertz CT molecular complexity index is 1500. The summed E-state index contributed by atoms with van der Waals surface area (Å²) in [6.45, 7) is 3.07. The molecule has 0 aliphatic carbocycles. The van der Waals surface area contributed by atoms with E-state index in [4.69, 9.17) is 9.47 Å². The van der Waals surface area contributed by atoms with Crippen LogP contribution in [0.25, 0.3) is 5.69 Å². The molecule has 2 aliphatic rings. The molecular weight excluding hydrogens is 620 g/mol. The van der Waals surface area contributed by atoms with E-state index < -0.39 is 66.0 Å². The predicted octanol–water partition coefficient (Wildman–Crippen LogP) is -0.0501. The molecule has 17 heteroatoms. The molecule has 2 saturated heterocycles. The Morgan fingerprint density at radius 2 is 1.66 bits per heavy atom. The van der Waals surface area contributed by atoms with Gasteiger partial charge in [0.05, 0.1) is 18.9 Å². The van der Waals surface area contributed by atoms with Crippen molar-refractivity contribution in [1.82, 2.24) is 29.8 Å². The Labute approximate surface area is 269 Å². The van der Waals surface area contributed by atoms with Crippen LogP contribution >= 0.6 is 0 Å². The zero-order chi connectivity index (χ0) is 34.5. The molecule has 0 spiro atoms. The van der Waals surface area contributed by atoms with Crippen molar-refractivity contribution in [3.63, 3.8) is 0 Å². The van der Waals surface area contributed by atoms with Crippen LogP contribution in [0.4, 0.5) is 4.79 Å². The Hall–Kier alpha value is -5.19. The minimum atomic E-state index is -1.63. The molecule has 3 atom stereocenters. The second-order valence-electron chi connectivity index (χ2n) is 11.7. The first-order valence-electron chi connectivity index (χ1n) is 14.9. The average molecular weight is 659 g/mol. The summed E-state index contributed by atoms with van der Waals surface area (Å²) >= 11 is 0.